The van der Waals surface area contributed by atoms with Crippen molar-refractivity contribution in [1.29, 1.82) is 0 Å². The molecule has 0 aliphatic heterocycles. The third-order valence-corrected chi connectivity index (χ3v) is 6.65. The number of fused-ring (bicyclic) bond motifs is 1. The molecule has 0 unspecified atom stereocenters. The largest absolute Gasteiger partial charge is 0.388 e. The minimum absolute atomic E-state index is 0.151. The number of nitrogens with zero attached hydrogens (tertiary/aromatic N) is 2. The number of aromatic nitrogens is 3. The van der Waals surface area contributed by atoms with Gasteiger partial charge in [-0.1, -0.05) is 23.7 Å². The van der Waals surface area contributed by atoms with Gasteiger partial charge in [0.1, 0.15) is 5.82 Å². The zero-order valence-corrected chi connectivity index (χ0v) is 19.5. The molecule has 2 aromatic carbocycles. The van der Waals surface area contributed by atoms with Gasteiger partial charge in [0.2, 0.25) is 0 Å². The van der Waals surface area contributed by atoms with Gasteiger partial charge in [-0.15, -0.1) is 11.3 Å². The minimum Gasteiger partial charge on any atom is -0.388 e. The first kappa shape index (κ1) is 21.2. The molecule has 0 aliphatic carbocycles. The van der Waals surface area contributed by atoms with Crippen LogP contribution < -0.4 is 10.6 Å². The Kier molecular flexibility index (Phi) is 5.58. The lowest BCUT2D eigenvalue weighted by Crippen LogP contribution is -2.10. The summed E-state index contributed by atoms with van der Waals surface area (Å²) in [7, 11) is 1.89. The molecule has 0 atom stereocenters. The average molecular weight is 474 g/mol. The SMILES string of the molecule is CNc1ccc(-c2cnc3nc(-c4cc(NC(=O)c5cc(C)cs5)ccc4Cl)[nH]c3c2)cc1. The van der Waals surface area contributed by atoms with E-state index in [9.17, 15) is 4.79 Å². The summed E-state index contributed by atoms with van der Waals surface area (Å²) in [5, 5.41) is 8.53. The molecule has 3 aromatic heterocycles. The number of hydrogen-bond acceptors (Lipinski definition) is 5. The van der Waals surface area contributed by atoms with Crippen molar-refractivity contribution in [3.8, 4) is 22.5 Å². The molecule has 0 bridgehead atoms. The highest BCUT2D eigenvalue weighted by Gasteiger charge is 2.14. The fourth-order valence-electron chi connectivity index (χ4n) is 3.54. The standard InChI is InChI=1S/C25H20ClN5OS/c1-14-9-22(33-13-14)25(32)29-18-7-8-20(26)19(11-18)23-30-21-10-16(12-28-24(21)31-23)15-3-5-17(27-2)6-4-15/h3-13,27H,1-2H3,(H,29,32)(H,28,30,31). The van der Waals surface area contributed by atoms with Crippen LogP contribution in [0.4, 0.5) is 11.4 Å². The second-order valence-corrected chi connectivity index (χ2v) is 8.96. The van der Waals surface area contributed by atoms with E-state index in [1.165, 1.54) is 11.3 Å². The molecule has 8 heteroatoms. The number of H-pyrrole nitrogens is 1. The van der Waals surface area contributed by atoms with Gasteiger partial charge in [0.25, 0.3) is 5.91 Å². The molecule has 6 nitrogen and oxygen atoms in total. The zero-order valence-electron chi connectivity index (χ0n) is 17.9. The van der Waals surface area contributed by atoms with E-state index in [2.05, 4.69) is 25.6 Å². The van der Waals surface area contributed by atoms with Gasteiger partial charge in [0.05, 0.1) is 15.4 Å². The highest BCUT2D eigenvalue weighted by atomic mass is 35.5. The highest BCUT2D eigenvalue weighted by Crippen LogP contribution is 2.31. The topological polar surface area (TPSA) is 82.7 Å². The second kappa shape index (κ2) is 8.69. The summed E-state index contributed by atoms with van der Waals surface area (Å²) in [6.45, 7) is 1.96. The van der Waals surface area contributed by atoms with Crippen molar-refractivity contribution in [1.82, 2.24) is 15.0 Å². The van der Waals surface area contributed by atoms with Crippen LogP contribution in [0.3, 0.4) is 0 Å². The number of aryl methyl sites for hydroxylation is 1. The first-order chi connectivity index (χ1) is 16.0. The Bertz CT molecular complexity index is 1470. The van der Waals surface area contributed by atoms with Gasteiger partial charge in [-0.3, -0.25) is 4.79 Å². The lowest BCUT2D eigenvalue weighted by Gasteiger charge is -2.07. The van der Waals surface area contributed by atoms with Crippen LogP contribution in [0.2, 0.25) is 5.02 Å². The van der Waals surface area contributed by atoms with E-state index < -0.39 is 0 Å². The van der Waals surface area contributed by atoms with Crippen molar-refractivity contribution in [3.05, 3.63) is 81.6 Å². The number of nitrogens with one attached hydrogen (secondary N) is 3. The van der Waals surface area contributed by atoms with Crippen molar-refractivity contribution in [2.24, 2.45) is 0 Å². The number of hydrogen-bond donors (Lipinski definition) is 3. The molecule has 5 aromatic rings. The molecule has 1 amide bonds. The number of benzene rings is 2. The number of amides is 1. The fourth-order valence-corrected chi connectivity index (χ4v) is 4.54. The molecule has 0 aliphatic rings. The number of rotatable bonds is 5. The molecule has 33 heavy (non-hydrogen) atoms. The normalized spacial score (nSPS) is 11.0. The smallest absolute Gasteiger partial charge is 0.265 e. The zero-order chi connectivity index (χ0) is 22.9. The van der Waals surface area contributed by atoms with Crippen molar-refractivity contribution >= 4 is 51.4 Å². The Balaban J connectivity index is 1.45. The number of aromatic amines is 1. The first-order valence-electron chi connectivity index (χ1n) is 10.3. The molecular weight excluding hydrogens is 454 g/mol. The van der Waals surface area contributed by atoms with Gasteiger partial charge < -0.3 is 15.6 Å². The Labute approximate surface area is 199 Å². The third-order valence-electron chi connectivity index (χ3n) is 5.28. The van der Waals surface area contributed by atoms with Gasteiger partial charge in [0.15, 0.2) is 5.65 Å². The molecule has 164 valence electrons. The van der Waals surface area contributed by atoms with Crippen LogP contribution in [0.25, 0.3) is 33.7 Å². The lowest BCUT2D eigenvalue weighted by molar-refractivity contribution is 0.103. The summed E-state index contributed by atoms with van der Waals surface area (Å²) in [4.78, 5) is 25.7. The van der Waals surface area contributed by atoms with E-state index in [0.717, 1.165) is 27.9 Å². The predicted octanol–water partition coefficient (Wildman–Crippen LogP) is 6.61. The summed E-state index contributed by atoms with van der Waals surface area (Å²) in [6.07, 6.45) is 1.81. The van der Waals surface area contributed by atoms with Crippen molar-refractivity contribution < 1.29 is 4.79 Å². The molecule has 0 fully saturated rings. The van der Waals surface area contributed by atoms with Crippen molar-refractivity contribution in [3.63, 3.8) is 0 Å². The second-order valence-electron chi connectivity index (χ2n) is 7.64. The van der Waals surface area contributed by atoms with Gasteiger partial charge >= 0.3 is 0 Å². The van der Waals surface area contributed by atoms with Gasteiger partial charge in [-0.05, 0) is 65.9 Å². The number of carbonyl (C=O) groups is 1. The number of carbonyl (C=O) groups excluding carboxylic acids is 1. The van der Waals surface area contributed by atoms with Gasteiger partial charge in [-0.25, -0.2) is 9.97 Å². The maximum atomic E-state index is 12.5. The summed E-state index contributed by atoms with van der Waals surface area (Å²) in [5.74, 6) is 0.440. The van der Waals surface area contributed by atoms with Crippen LogP contribution in [-0.2, 0) is 0 Å². The van der Waals surface area contributed by atoms with Crippen molar-refractivity contribution in [2.45, 2.75) is 6.92 Å². The number of anilines is 2. The van der Waals surface area contributed by atoms with Gasteiger partial charge in [0, 0.05) is 35.7 Å². The number of pyridine rings is 1. The Hall–Kier alpha value is -3.68. The van der Waals surface area contributed by atoms with Crippen LogP contribution in [0.5, 0.6) is 0 Å². The predicted molar refractivity (Wildman–Crippen MR) is 136 cm³/mol. The van der Waals surface area contributed by atoms with E-state index in [1.807, 2.05) is 68.0 Å². The Morgan fingerprint density at radius 1 is 1.03 bits per heavy atom. The van der Waals surface area contributed by atoms with Crippen LogP contribution in [0.1, 0.15) is 15.2 Å². The maximum absolute atomic E-state index is 12.5. The number of thiophene rings is 1. The third kappa shape index (κ3) is 4.33. The van der Waals surface area contributed by atoms with Crippen LogP contribution in [-0.4, -0.2) is 27.9 Å². The Morgan fingerprint density at radius 2 is 1.82 bits per heavy atom. The van der Waals surface area contributed by atoms with Crippen LogP contribution in [0, 0.1) is 6.92 Å². The fraction of sp³-hybridized carbons (Fsp3) is 0.0800. The quantitative estimate of drug-likeness (QED) is 0.268. The molecule has 3 heterocycles. The first-order valence-corrected chi connectivity index (χ1v) is 11.6. The summed E-state index contributed by atoms with van der Waals surface area (Å²) in [6, 6.07) is 17.4. The summed E-state index contributed by atoms with van der Waals surface area (Å²) >= 11 is 7.89. The summed E-state index contributed by atoms with van der Waals surface area (Å²) in [5.41, 5.74) is 6.89. The molecule has 0 spiro atoms. The van der Waals surface area contributed by atoms with E-state index in [-0.39, 0.29) is 5.91 Å². The lowest BCUT2D eigenvalue weighted by atomic mass is 10.1. The Morgan fingerprint density at radius 3 is 2.55 bits per heavy atom. The van der Waals surface area contributed by atoms with E-state index in [1.54, 1.807) is 12.1 Å². The van der Waals surface area contributed by atoms with E-state index in [0.29, 0.717) is 32.6 Å². The molecule has 3 N–H and O–H groups in total. The van der Waals surface area contributed by atoms with E-state index >= 15 is 0 Å². The summed E-state index contributed by atoms with van der Waals surface area (Å²) < 4.78 is 0. The number of imidazole rings is 1. The molecule has 0 radical (unpaired) electrons. The average Bonchev–Trinajstić information content (AvgIpc) is 3.46. The maximum Gasteiger partial charge on any atom is 0.265 e. The molecule has 5 rings (SSSR count). The molecule has 0 saturated heterocycles. The molecular formula is C25H20ClN5OS. The van der Waals surface area contributed by atoms with Crippen LogP contribution in [0.15, 0.2) is 66.2 Å². The van der Waals surface area contributed by atoms with Crippen LogP contribution >= 0.6 is 22.9 Å². The molecule has 0 saturated carbocycles. The van der Waals surface area contributed by atoms with E-state index in [4.69, 9.17) is 11.6 Å². The highest BCUT2D eigenvalue weighted by molar-refractivity contribution is 7.12. The minimum atomic E-state index is -0.151. The van der Waals surface area contributed by atoms with Gasteiger partial charge in [-0.2, -0.15) is 0 Å². The van der Waals surface area contributed by atoms with Crippen molar-refractivity contribution in [2.75, 3.05) is 17.7 Å². The number of halogens is 1. The monoisotopic (exact) mass is 473 g/mol.